The first kappa shape index (κ1) is 11.7. The molecule has 1 heterocycles. The molecule has 1 atom stereocenters. The number of anilines is 2. The average Bonchev–Trinajstić information content (AvgIpc) is 2.18. The predicted octanol–water partition coefficient (Wildman–Crippen LogP) is -0.132. The zero-order chi connectivity index (χ0) is 11.1. The second kappa shape index (κ2) is 6.15. The molecule has 0 aromatic carbocycles. The van der Waals surface area contributed by atoms with Crippen LogP contribution < -0.4 is 11.1 Å². The Kier molecular flexibility index (Phi) is 4.79. The summed E-state index contributed by atoms with van der Waals surface area (Å²) in [4.78, 5) is 7.95. The maximum Gasteiger partial charge on any atom is 0.147 e. The highest BCUT2D eigenvalue weighted by Gasteiger charge is 2.08. The average molecular weight is 212 g/mol. The van der Waals surface area contributed by atoms with E-state index in [0.29, 0.717) is 24.7 Å². The second-order valence-corrected chi connectivity index (χ2v) is 3.14. The van der Waals surface area contributed by atoms with Crippen molar-refractivity contribution in [1.82, 2.24) is 9.97 Å². The predicted molar refractivity (Wildman–Crippen MR) is 57.4 cm³/mol. The van der Waals surface area contributed by atoms with Gasteiger partial charge in [0, 0.05) is 13.7 Å². The van der Waals surface area contributed by atoms with Gasteiger partial charge >= 0.3 is 0 Å². The minimum Gasteiger partial charge on any atom is -0.396 e. The number of nitrogen functional groups attached to an aromatic ring is 1. The molecule has 1 aromatic rings. The maximum atomic E-state index is 8.84. The zero-order valence-corrected chi connectivity index (χ0v) is 8.68. The summed E-state index contributed by atoms with van der Waals surface area (Å²) in [6, 6.07) is 0.0103. The van der Waals surface area contributed by atoms with Crippen LogP contribution in [0.4, 0.5) is 11.6 Å². The Morgan fingerprint density at radius 2 is 2.40 bits per heavy atom. The van der Waals surface area contributed by atoms with Crippen molar-refractivity contribution in [2.45, 2.75) is 12.5 Å². The van der Waals surface area contributed by atoms with E-state index in [2.05, 4.69) is 15.3 Å². The molecule has 0 amide bonds. The molecule has 0 radical (unpaired) electrons. The molecule has 1 aromatic heterocycles. The van der Waals surface area contributed by atoms with Gasteiger partial charge in [-0.05, 0) is 6.42 Å². The van der Waals surface area contributed by atoms with Gasteiger partial charge in [-0.15, -0.1) is 0 Å². The number of methoxy groups -OCH3 is 1. The summed E-state index contributed by atoms with van der Waals surface area (Å²) in [6.07, 6.45) is 3.64. The Labute approximate surface area is 88.5 Å². The third-order valence-electron chi connectivity index (χ3n) is 1.85. The molecule has 0 saturated heterocycles. The first-order chi connectivity index (χ1) is 7.26. The number of hydrogen-bond acceptors (Lipinski definition) is 6. The highest BCUT2D eigenvalue weighted by Crippen LogP contribution is 2.06. The third-order valence-corrected chi connectivity index (χ3v) is 1.85. The lowest BCUT2D eigenvalue weighted by Crippen LogP contribution is -2.26. The van der Waals surface area contributed by atoms with E-state index in [-0.39, 0.29) is 12.6 Å². The van der Waals surface area contributed by atoms with Crippen LogP contribution >= 0.6 is 0 Å². The van der Waals surface area contributed by atoms with Crippen LogP contribution in [-0.2, 0) is 4.74 Å². The molecule has 6 nitrogen and oxygen atoms in total. The summed E-state index contributed by atoms with van der Waals surface area (Å²) in [5.41, 5.74) is 5.49. The van der Waals surface area contributed by atoms with Gasteiger partial charge < -0.3 is 20.9 Å². The molecular weight excluding hydrogens is 196 g/mol. The second-order valence-electron chi connectivity index (χ2n) is 3.14. The SMILES string of the molecule is COCC(CCO)Nc1cncc(N)n1. The summed E-state index contributed by atoms with van der Waals surface area (Å²) >= 11 is 0. The van der Waals surface area contributed by atoms with Crippen molar-refractivity contribution in [3.05, 3.63) is 12.4 Å². The van der Waals surface area contributed by atoms with Crippen molar-refractivity contribution in [3.63, 3.8) is 0 Å². The van der Waals surface area contributed by atoms with E-state index in [1.807, 2.05) is 0 Å². The number of nitrogens with zero attached hydrogens (tertiary/aromatic N) is 2. The van der Waals surface area contributed by atoms with Gasteiger partial charge in [0.25, 0.3) is 0 Å². The molecule has 1 rings (SSSR count). The molecular formula is C9H16N4O2. The molecule has 0 spiro atoms. The monoisotopic (exact) mass is 212 g/mol. The standard InChI is InChI=1S/C9H16N4O2/c1-15-6-7(2-3-14)12-9-5-11-4-8(10)13-9/h4-5,7,14H,2-3,6H2,1H3,(H3,10,12,13). The summed E-state index contributed by atoms with van der Waals surface area (Å²) in [7, 11) is 1.61. The lowest BCUT2D eigenvalue weighted by atomic mass is 10.2. The number of nitrogens with one attached hydrogen (secondary N) is 1. The van der Waals surface area contributed by atoms with Crippen molar-refractivity contribution in [3.8, 4) is 0 Å². The highest BCUT2D eigenvalue weighted by atomic mass is 16.5. The van der Waals surface area contributed by atoms with E-state index in [9.17, 15) is 0 Å². The van der Waals surface area contributed by atoms with Crippen molar-refractivity contribution in [1.29, 1.82) is 0 Å². The molecule has 84 valence electrons. The largest absolute Gasteiger partial charge is 0.396 e. The number of nitrogens with two attached hydrogens (primary N) is 1. The Morgan fingerprint density at radius 1 is 1.60 bits per heavy atom. The molecule has 0 aliphatic heterocycles. The molecule has 15 heavy (non-hydrogen) atoms. The molecule has 0 saturated carbocycles. The molecule has 6 heteroatoms. The minimum atomic E-state index is 0.0103. The van der Waals surface area contributed by atoms with Gasteiger partial charge in [-0.1, -0.05) is 0 Å². The van der Waals surface area contributed by atoms with Crippen molar-refractivity contribution in [2.75, 3.05) is 31.4 Å². The number of aliphatic hydroxyl groups is 1. The molecule has 0 aliphatic carbocycles. The Balaban J connectivity index is 2.56. The summed E-state index contributed by atoms with van der Waals surface area (Å²) in [5, 5.41) is 11.9. The Morgan fingerprint density at radius 3 is 3.00 bits per heavy atom. The summed E-state index contributed by atoms with van der Waals surface area (Å²) in [6.45, 7) is 0.591. The summed E-state index contributed by atoms with van der Waals surface area (Å²) in [5.74, 6) is 0.950. The first-order valence-corrected chi connectivity index (χ1v) is 4.70. The van der Waals surface area contributed by atoms with Crippen LogP contribution in [0.2, 0.25) is 0 Å². The van der Waals surface area contributed by atoms with Crippen LogP contribution in [0.5, 0.6) is 0 Å². The van der Waals surface area contributed by atoms with Crippen LogP contribution in [-0.4, -0.2) is 41.4 Å². The van der Waals surface area contributed by atoms with Gasteiger partial charge in [-0.25, -0.2) is 4.98 Å². The van der Waals surface area contributed by atoms with Gasteiger partial charge in [-0.2, -0.15) is 0 Å². The highest BCUT2D eigenvalue weighted by molar-refractivity contribution is 5.39. The smallest absolute Gasteiger partial charge is 0.147 e. The van der Waals surface area contributed by atoms with Crippen molar-refractivity contribution >= 4 is 11.6 Å². The van der Waals surface area contributed by atoms with Crippen LogP contribution in [0.15, 0.2) is 12.4 Å². The van der Waals surface area contributed by atoms with Gasteiger partial charge in [0.15, 0.2) is 0 Å². The number of aliphatic hydroxyl groups excluding tert-OH is 1. The molecule has 0 fully saturated rings. The number of aromatic nitrogens is 2. The lowest BCUT2D eigenvalue weighted by molar-refractivity contribution is 0.170. The van der Waals surface area contributed by atoms with E-state index >= 15 is 0 Å². The topological polar surface area (TPSA) is 93.3 Å². The molecule has 4 N–H and O–H groups in total. The van der Waals surface area contributed by atoms with E-state index in [1.54, 1.807) is 13.3 Å². The fourth-order valence-corrected chi connectivity index (χ4v) is 1.21. The van der Waals surface area contributed by atoms with E-state index in [4.69, 9.17) is 15.6 Å². The fourth-order valence-electron chi connectivity index (χ4n) is 1.21. The van der Waals surface area contributed by atoms with Crippen LogP contribution in [0.3, 0.4) is 0 Å². The molecule has 0 aliphatic rings. The van der Waals surface area contributed by atoms with Crippen LogP contribution in [0.25, 0.3) is 0 Å². The van der Waals surface area contributed by atoms with Gasteiger partial charge in [0.2, 0.25) is 0 Å². The minimum absolute atomic E-state index is 0.0103. The van der Waals surface area contributed by atoms with E-state index in [1.165, 1.54) is 6.20 Å². The van der Waals surface area contributed by atoms with E-state index < -0.39 is 0 Å². The number of ether oxygens (including phenoxy) is 1. The van der Waals surface area contributed by atoms with Crippen LogP contribution in [0, 0.1) is 0 Å². The van der Waals surface area contributed by atoms with E-state index in [0.717, 1.165) is 0 Å². The van der Waals surface area contributed by atoms with Crippen molar-refractivity contribution in [2.24, 2.45) is 0 Å². The zero-order valence-electron chi connectivity index (χ0n) is 8.68. The lowest BCUT2D eigenvalue weighted by Gasteiger charge is -2.17. The van der Waals surface area contributed by atoms with Crippen LogP contribution in [0.1, 0.15) is 6.42 Å². The molecule has 0 bridgehead atoms. The Bertz CT molecular complexity index is 289. The number of hydrogen-bond donors (Lipinski definition) is 3. The fraction of sp³-hybridized carbons (Fsp3) is 0.556. The van der Waals surface area contributed by atoms with Gasteiger partial charge in [-0.3, -0.25) is 4.98 Å². The quantitative estimate of drug-likeness (QED) is 0.608. The van der Waals surface area contributed by atoms with Gasteiger partial charge in [0.1, 0.15) is 11.6 Å². The third kappa shape index (κ3) is 4.09. The molecule has 1 unspecified atom stereocenters. The number of rotatable bonds is 6. The summed E-state index contributed by atoms with van der Waals surface area (Å²) < 4.78 is 5.01. The normalized spacial score (nSPS) is 12.4. The Hall–Kier alpha value is -1.40. The van der Waals surface area contributed by atoms with Crippen molar-refractivity contribution < 1.29 is 9.84 Å². The van der Waals surface area contributed by atoms with Gasteiger partial charge in [0.05, 0.1) is 25.0 Å². The maximum absolute atomic E-state index is 8.84. The first-order valence-electron chi connectivity index (χ1n) is 4.70.